The van der Waals surface area contributed by atoms with E-state index in [1.54, 1.807) is 24.3 Å². The Kier molecular flexibility index (Phi) is 2.14. The van der Waals surface area contributed by atoms with Gasteiger partial charge >= 0.3 is 0 Å². The first-order chi connectivity index (χ1) is 5.61. The predicted molar refractivity (Wildman–Crippen MR) is 50.7 cm³/mol. The third kappa shape index (κ3) is 1.63. The maximum atomic E-state index is 7.14. The molecule has 0 heterocycles. The summed E-state index contributed by atoms with van der Waals surface area (Å²) in [6.45, 7) is 3.59. The lowest BCUT2D eigenvalue weighted by Gasteiger charge is -2.01. The molecule has 62 valence electrons. The van der Waals surface area contributed by atoms with Gasteiger partial charge in [0.1, 0.15) is 5.84 Å². The van der Waals surface area contributed by atoms with Crippen molar-refractivity contribution in [2.45, 2.75) is 0 Å². The minimum absolute atomic E-state index is 0.0594. The highest BCUT2D eigenvalue weighted by Gasteiger charge is 1.96. The Morgan fingerprint density at radius 3 is 1.83 bits per heavy atom. The van der Waals surface area contributed by atoms with Crippen LogP contribution in [0.4, 0.5) is 0 Å². The van der Waals surface area contributed by atoms with E-state index in [2.05, 4.69) is 6.58 Å². The topological polar surface area (TPSA) is 75.9 Å². The zero-order chi connectivity index (χ0) is 9.14. The highest BCUT2D eigenvalue weighted by atomic mass is 14.7. The van der Waals surface area contributed by atoms with Crippen LogP contribution >= 0.6 is 0 Å². The molecule has 0 spiro atoms. The molecule has 0 saturated carbocycles. The number of nitrogen functional groups attached to an aromatic ring is 1. The van der Waals surface area contributed by atoms with Crippen LogP contribution in [0.5, 0.6) is 0 Å². The second-order valence-electron chi connectivity index (χ2n) is 2.52. The number of hydrogen-bond donors (Lipinski definition) is 3. The van der Waals surface area contributed by atoms with Gasteiger partial charge in [0.25, 0.3) is 0 Å². The molecule has 0 aromatic heterocycles. The summed E-state index contributed by atoms with van der Waals surface area (Å²) in [4.78, 5) is 0. The van der Waals surface area contributed by atoms with Gasteiger partial charge in [0.2, 0.25) is 0 Å². The van der Waals surface area contributed by atoms with Crippen molar-refractivity contribution >= 4 is 11.5 Å². The first-order valence-electron chi connectivity index (χ1n) is 3.50. The van der Waals surface area contributed by atoms with Crippen molar-refractivity contribution < 1.29 is 0 Å². The first-order valence-corrected chi connectivity index (χ1v) is 3.50. The summed E-state index contributed by atoms with van der Waals surface area (Å²) in [5, 5.41) is 7.14. The lowest BCUT2D eigenvalue weighted by molar-refractivity contribution is 1.41. The molecule has 0 fully saturated rings. The molecule has 0 bridgehead atoms. The quantitative estimate of drug-likeness (QED) is 0.445. The fourth-order valence-corrected chi connectivity index (χ4v) is 0.864. The largest absolute Gasteiger partial charge is 0.399 e. The maximum Gasteiger partial charge on any atom is 0.122 e. The van der Waals surface area contributed by atoms with Crippen LogP contribution in [0.1, 0.15) is 11.1 Å². The summed E-state index contributed by atoms with van der Waals surface area (Å²) in [5.41, 5.74) is 12.8. The molecule has 0 saturated heterocycles. The van der Waals surface area contributed by atoms with E-state index in [1.807, 2.05) is 0 Å². The third-order valence-electron chi connectivity index (χ3n) is 1.57. The summed E-state index contributed by atoms with van der Waals surface area (Å²) in [6.07, 6.45) is 0. The van der Waals surface area contributed by atoms with Gasteiger partial charge in [-0.15, -0.1) is 0 Å². The lowest BCUT2D eigenvalue weighted by Crippen LogP contribution is -2.10. The van der Waals surface area contributed by atoms with E-state index < -0.39 is 0 Å². The zero-order valence-corrected chi connectivity index (χ0v) is 6.67. The number of nitrogens with one attached hydrogen (secondary N) is 1. The van der Waals surface area contributed by atoms with E-state index in [-0.39, 0.29) is 5.84 Å². The van der Waals surface area contributed by atoms with Gasteiger partial charge in [0.15, 0.2) is 0 Å². The Labute approximate surface area is 71.2 Å². The van der Waals surface area contributed by atoms with Crippen LogP contribution in [0.2, 0.25) is 0 Å². The number of amidine groups is 1. The van der Waals surface area contributed by atoms with Gasteiger partial charge in [-0.3, -0.25) is 5.41 Å². The fraction of sp³-hybridized carbons (Fsp3) is 0. The highest BCUT2D eigenvalue weighted by Crippen LogP contribution is 2.08. The minimum Gasteiger partial charge on any atom is -0.399 e. The number of nitrogens with two attached hydrogens (primary N) is 2. The maximum absolute atomic E-state index is 7.14. The molecule has 1 aromatic rings. The average molecular weight is 161 g/mol. The van der Waals surface area contributed by atoms with Crippen LogP contribution in [0.25, 0.3) is 5.70 Å². The Balaban J connectivity index is 3.01. The molecule has 0 aliphatic rings. The smallest absolute Gasteiger partial charge is 0.122 e. The van der Waals surface area contributed by atoms with Crippen molar-refractivity contribution in [3.63, 3.8) is 0 Å². The van der Waals surface area contributed by atoms with Gasteiger partial charge in [-0.2, -0.15) is 0 Å². The van der Waals surface area contributed by atoms with Crippen LogP contribution in [0, 0.1) is 5.41 Å². The van der Waals surface area contributed by atoms with Crippen molar-refractivity contribution in [2.75, 3.05) is 0 Å². The van der Waals surface area contributed by atoms with Crippen molar-refractivity contribution in [1.29, 1.82) is 5.41 Å². The Morgan fingerprint density at radius 2 is 1.50 bits per heavy atom. The van der Waals surface area contributed by atoms with E-state index in [9.17, 15) is 0 Å². The second-order valence-corrected chi connectivity index (χ2v) is 2.52. The van der Waals surface area contributed by atoms with Crippen molar-refractivity contribution in [2.24, 2.45) is 11.5 Å². The summed E-state index contributed by atoms with van der Waals surface area (Å²) in [5.74, 6) is 0.0594. The molecule has 3 nitrogen and oxygen atoms in total. The van der Waals surface area contributed by atoms with Gasteiger partial charge in [0.05, 0.1) is 0 Å². The molecular formula is C9H11N3. The van der Waals surface area contributed by atoms with Crippen LogP contribution in [-0.4, -0.2) is 5.84 Å². The molecule has 0 aliphatic heterocycles. The molecule has 0 amide bonds. The molecule has 0 aliphatic carbocycles. The van der Waals surface area contributed by atoms with Gasteiger partial charge in [-0.05, 0) is 5.56 Å². The van der Waals surface area contributed by atoms with Crippen molar-refractivity contribution in [3.05, 3.63) is 42.0 Å². The Hall–Kier alpha value is -1.77. The van der Waals surface area contributed by atoms with Crippen LogP contribution in [0.15, 0.2) is 30.8 Å². The standard InChI is InChI=1S/C9H11N3/c1-6(10)7-2-4-8(5-3-7)9(11)12/h2-5H,1,10H2,(H3,11,12). The lowest BCUT2D eigenvalue weighted by atomic mass is 10.1. The zero-order valence-electron chi connectivity index (χ0n) is 6.67. The molecule has 0 radical (unpaired) electrons. The number of benzene rings is 1. The van der Waals surface area contributed by atoms with E-state index in [4.69, 9.17) is 16.9 Å². The van der Waals surface area contributed by atoms with E-state index in [0.29, 0.717) is 11.3 Å². The summed E-state index contributed by atoms with van der Waals surface area (Å²) < 4.78 is 0. The number of hydrogen-bond acceptors (Lipinski definition) is 2. The molecular weight excluding hydrogens is 150 g/mol. The van der Waals surface area contributed by atoms with Gasteiger partial charge < -0.3 is 11.5 Å². The highest BCUT2D eigenvalue weighted by molar-refractivity contribution is 5.95. The Morgan fingerprint density at radius 1 is 1.08 bits per heavy atom. The minimum atomic E-state index is 0.0594. The Bertz CT molecular complexity index is 278. The monoisotopic (exact) mass is 161 g/mol. The summed E-state index contributed by atoms with van der Waals surface area (Å²) in [7, 11) is 0. The SMILES string of the molecule is C=C(N)c1ccc(C(=N)N)cc1. The third-order valence-corrected chi connectivity index (χ3v) is 1.57. The van der Waals surface area contributed by atoms with Crippen molar-refractivity contribution in [3.8, 4) is 0 Å². The molecule has 0 atom stereocenters. The molecule has 1 aromatic carbocycles. The van der Waals surface area contributed by atoms with Crippen LogP contribution < -0.4 is 11.5 Å². The normalized spacial score (nSPS) is 9.33. The molecule has 12 heavy (non-hydrogen) atoms. The molecule has 5 N–H and O–H groups in total. The summed E-state index contributed by atoms with van der Waals surface area (Å²) in [6, 6.07) is 7.07. The first kappa shape index (κ1) is 8.33. The van der Waals surface area contributed by atoms with E-state index in [0.717, 1.165) is 5.56 Å². The summed E-state index contributed by atoms with van der Waals surface area (Å²) >= 11 is 0. The van der Waals surface area contributed by atoms with Gasteiger partial charge in [0, 0.05) is 11.3 Å². The van der Waals surface area contributed by atoms with E-state index in [1.165, 1.54) is 0 Å². The average Bonchev–Trinajstić information content (AvgIpc) is 2.04. The fourth-order valence-electron chi connectivity index (χ4n) is 0.864. The van der Waals surface area contributed by atoms with Crippen molar-refractivity contribution in [1.82, 2.24) is 0 Å². The van der Waals surface area contributed by atoms with E-state index >= 15 is 0 Å². The van der Waals surface area contributed by atoms with Crippen LogP contribution in [0.3, 0.4) is 0 Å². The molecule has 0 unspecified atom stereocenters. The van der Waals surface area contributed by atoms with Gasteiger partial charge in [-0.1, -0.05) is 30.8 Å². The predicted octanol–water partition coefficient (Wildman–Crippen LogP) is 0.900. The molecule has 1 rings (SSSR count). The molecule has 3 heteroatoms. The van der Waals surface area contributed by atoms with Gasteiger partial charge in [-0.25, -0.2) is 0 Å². The van der Waals surface area contributed by atoms with Crippen LogP contribution in [-0.2, 0) is 0 Å². The second kappa shape index (κ2) is 3.09. The number of rotatable bonds is 2.